The van der Waals surface area contributed by atoms with E-state index < -0.39 is 0 Å². The van der Waals surface area contributed by atoms with Crippen LogP contribution in [0.15, 0.2) is 78.5 Å². The Labute approximate surface area is 218 Å². The van der Waals surface area contributed by atoms with Gasteiger partial charge in [0.2, 0.25) is 0 Å². The van der Waals surface area contributed by atoms with E-state index in [0.717, 1.165) is 28.7 Å². The van der Waals surface area contributed by atoms with Gasteiger partial charge in [-0.2, -0.15) is 0 Å². The summed E-state index contributed by atoms with van der Waals surface area (Å²) in [5.41, 5.74) is 3.29. The van der Waals surface area contributed by atoms with Crippen LogP contribution in [0.3, 0.4) is 0 Å². The van der Waals surface area contributed by atoms with Crippen LogP contribution in [0.4, 0.5) is 11.5 Å². The number of carbonyl (C=O) groups is 2. The highest BCUT2D eigenvalue weighted by molar-refractivity contribution is 8.02. The summed E-state index contributed by atoms with van der Waals surface area (Å²) >= 11 is 8.33. The van der Waals surface area contributed by atoms with Gasteiger partial charge in [0.25, 0.3) is 5.91 Å². The molecule has 1 aliphatic rings. The summed E-state index contributed by atoms with van der Waals surface area (Å²) in [7, 11) is 0. The van der Waals surface area contributed by atoms with Crippen molar-refractivity contribution >= 4 is 58.0 Å². The monoisotopic (exact) mass is 517 g/mol. The van der Waals surface area contributed by atoms with E-state index in [4.69, 9.17) is 11.6 Å². The summed E-state index contributed by atoms with van der Waals surface area (Å²) in [6.07, 6.45) is 5.09. The molecule has 182 valence electrons. The third-order valence-electron chi connectivity index (χ3n) is 6.03. The number of benzene rings is 2. The minimum Gasteiger partial charge on any atom is -0.368 e. The topological polar surface area (TPSA) is 88.9 Å². The Morgan fingerprint density at radius 3 is 2.75 bits per heavy atom. The van der Waals surface area contributed by atoms with E-state index in [1.54, 1.807) is 30.0 Å². The number of hydrogen-bond donors (Lipinski definition) is 2. The van der Waals surface area contributed by atoms with Crippen LogP contribution in [-0.4, -0.2) is 38.7 Å². The van der Waals surface area contributed by atoms with E-state index in [1.807, 2.05) is 58.5 Å². The van der Waals surface area contributed by atoms with Gasteiger partial charge in [-0.15, -0.1) is 23.4 Å². The summed E-state index contributed by atoms with van der Waals surface area (Å²) < 4.78 is 1.94. The lowest BCUT2D eigenvalue weighted by molar-refractivity contribution is 0.102. The summed E-state index contributed by atoms with van der Waals surface area (Å²) in [4.78, 5) is 33.8. The third kappa shape index (κ3) is 5.01. The molecule has 0 saturated carbocycles. The minimum absolute atomic E-state index is 0.128. The Morgan fingerprint density at radius 2 is 1.94 bits per heavy atom. The lowest BCUT2D eigenvalue weighted by Gasteiger charge is -2.26. The number of amides is 1. The van der Waals surface area contributed by atoms with Gasteiger partial charge in [-0.1, -0.05) is 36.4 Å². The molecule has 36 heavy (non-hydrogen) atoms. The number of aromatic nitrogens is 3. The van der Waals surface area contributed by atoms with Gasteiger partial charge in [0, 0.05) is 24.0 Å². The average Bonchev–Trinajstić information content (AvgIpc) is 3.26. The number of hydrogen-bond acceptors (Lipinski definition) is 6. The van der Waals surface area contributed by atoms with Crippen LogP contribution in [0.5, 0.6) is 0 Å². The second-order valence-corrected chi connectivity index (χ2v) is 9.92. The van der Waals surface area contributed by atoms with Crippen LogP contribution >= 0.6 is 23.4 Å². The molecule has 0 saturated heterocycles. The SMILES string of the molecule is O=Cc1cc(NC(=O)c2ccccc2)c(C2SC=CCC2Cl)n1CCNc1ncnc2ccccc12. The van der Waals surface area contributed by atoms with Gasteiger partial charge in [-0.3, -0.25) is 9.59 Å². The zero-order valence-corrected chi connectivity index (χ0v) is 20.9. The lowest BCUT2D eigenvalue weighted by Crippen LogP contribution is -2.22. The number of para-hydroxylation sites is 1. The number of carbonyl (C=O) groups excluding carboxylic acids is 2. The molecule has 4 aromatic rings. The van der Waals surface area contributed by atoms with Gasteiger partial charge >= 0.3 is 0 Å². The molecular formula is C27H24ClN5O2S. The highest BCUT2D eigenvalue weighted by atomic mass is 35.5. The Balaban J connectivity index is 1.45. The van der Waals surface area contributed by atoms with Crippen LogP contribution in [0.1, 0.15) is 38.2 Å². The molecule has 2 aromatic heterocycles. The molecule has 2 N–H and O–H groups in total. The fourth-order valence-electron chi connectivity index (χ4n) is 4.32. The van der Waals surface area contributed by atoms with Crippen LogP contribution in [0.2, 0.25) is 0 Å². The van der Waals surface area contributed by atoms with E-state index in [2.05, 4.69) is 20.6 Å². The Morgan fingerprint density at radius 1 is 1.14 bits per heavy atom. The van der Waals surface area contributed by atoms with Crippen molar-refractivity contribution in [2.75, 3.05) is 17.2 Å². The number of halogens is 1. The van der Waals surface area contributed by atoms with E-state index in [0.29, 0.717) is 36.5 Å². The maximum absolute atomic E-state index is 13.0. The first-order valence-electron chi connectivity index (χ1n) is 11.6. The first-order valence-corrected chi connectivity index (χ1v) is 13.0. The predicted molar refractivity (Wildman–Crippen MR) is 146 cm³/mol. The maximum atomic E-state index is 13.0. The fourth-order valence-corrected chi connectivity index (χ4v) is 5.78. The smallest absolute Gasteiger partial charge is 0.255 e. The van der Waals surface area contributed by atoms with Crippen molar-refractivity contribution in [2.45, 2.75) is 23.6 Å². The summed E-state index contributed by atoms with van der Waals surface area (Å²) in [5.74, 6) is 0.490. The second-order valence-electron chi connectivity index (χ2n) is 8.30. The number of fused-ring (bicyclic) bond motifs is 1. The molecule has 7 nitrogen and oxygen atoms in total. The molecule has 1 amide bonds. The Bertz CT molecular complexity index is 1420. The van der Waals surface area contributed by atoms with Gasteiger partial charge < -0.3 is 15.2 Å². The number of nitrogens with zero attached hydrogens (tertiary/aromatic N) is 3. The molecular weight excluding hydrogens is 494 g/mol. The Hall–Kier alpha value is -3.62. The van der Waals surface area contributed by atoms with Gasteiger partial charge in [-0.25, -0.2) is 9.97 Å². The highest BCUT2D eigenvalue weighted by Gasteiger charge is 2.30. The van der Waals surface area contributed by atoms with Crippen LogP contribution < -0.4 is 10.6 Å². The number of alkyl halides is 1. The van der Waals surface area contributed by atoms with E-state index in [9.17, 15) is 9.59 Å². The molecule has 0 fully saturated rings. The predicted octanol–water partition coefficient (Wildman–Crippen LogP) is 5.91. The van der Waals surface area contributed by atoms with Crippen molar-refractivity contribution in [1.29, 1.82) is 0 Å². The highest BCUT2D eigenvalue weighted by Crippen LogP contribution is 2.44. The summed E-state index contributed by atoms with van der Waals surface area (Å²) in [6.45, 7) is 0.989. The molecule has 2 atom stereocenters. The number of allylic oxidation sites excluding steroid dienone is 1. The lowest BCUT2D eigenvalue weighted by atomic mass is 10.1. The number of anilines is 2. The molecule has 0 radical (unpaired) electrons. The van der Waals surface area contributed by atoms with Crippen molar-refractivity contribution in [2.24, 2.45) is 0 Å². The van der Waals surface area contributed by atoms with Crippen molar-refractivity contribution in [3.8, 4) is 0 Å². The van der Waals surface area contributed by atoms with Crippen LogP contribution in [-0.2, 0) is 6.54 Å². The quantitative estimate of drug-likeness (QED) is 0.223. The largest absolute Gasteiger partial charge is 0.368 e. The van der Waals surface area contributed by atoms with Crippen LogP contribution in [0, 0.1) is 0 Å². The Kier molecular flexibility index (Phi) is 7.34. The van der Waals surface area contributed by atoms with Crippen molar-refractivity contribution in [3.05, 3.63) is 95.4 Å². The van der Waals surface area contributed by atoms with Crippen molar-refractivity contribution < 1.29 is 9.59 Å². The minimum atomic E-state index is -0.237. The molecule has 2 unspecified atom stereocenters. The molecule has 0 spiro atoms. The molecule has 1 aliphatic heterocycles. The van der Waals surface area contributed by atoms with E-state index >= 15 is 0 Å². The average molecular weight is 518 g/mol. The summed E-state index contributed by atoms with van der Waals surface area (Å²) in [5, 5.41) is 9.03. The number of rotatable bonds is 8. The van der Waals surface area contributed by atoms with Gasteiger partial charge in [0.15, 0.2) is 6.29 Å². The second kappa shape index (κ2) is 11.0. The first-order chi connectivity index (χ1) is 17.7. The molecule has 5 rings (SSSR count). The number of aldehydes is 1. The van der Waals surface area contributed by atoms with E-state index in [-0.39, 0.29) is 16.5 Å². The maximum Gasteiger partial charge on any atom is 0.255 e. The van der Waals surface area contributed by atoms with Crippen molar-refractivity contribution in [3.63, 3.8) is 0 Å². The normalized spacial score (nSPS) is 17.1. The third-order valence-corrected chi connectivity index (χ3v) is 7.80. The van der Waals surface area contributed by atoms with Crippen molar-refractivity contribution in [1.82, 2.24) is 14.5 Å². The molecule has 2 aromatic carbocycles. The zero-order valence-electron chi connectivity index (χ0n) is 19.3. The number of thioether (sulfide) groups is 1. The number of nitrogens with one attached hydrogen (secondary N) is 2. The van der Waals surface area contributed by atoms with Crippen LogP contribution in [0.25, 0.3) is 10.9 Å². The van der Waals surface area contributed by atoms with Gasteiger partial charge in [-0.05, 0) is 42.2 Å². The first kappa shape index (κ1) is 24.1. The van der Waals surface area contributed by atoms with Gasteiger partial charge in [0.05, 0.1) is 33.2 Å². The zero-order chi connectivity index (χ0) is 24.9. The van der Waals surface area contributed by atoms with Gasteiger partial charge in [0.1, 0.15) is 12.1 Å². The standard InChI is InChI=1S/C27H24ClN5O2S/c28-21-10-6-14-36-25(21)24-23(32-27(35)18-7-2-1-3-8-18)15-19(16-34)33(24)13-12-29-26-20-9-4-5-11-22(20)30-17-31-26/h1-9,11,14-17,21,25H,10,12-13H2,(H,32,35)(H,29,30,31). The van der Waals surface area contributed by atoms with E-state index in [1.165, 1.54) is 6.33 Å². The summed E-state index contributed by atoms with van der Waals surface area (Å²) in [6, 6.07) is 18.5. The molecule has 0 bridgehead atoms. The molecule has 9 heteroatoms. The fraction of sp³-hybridized carbons (Fsp3) is 0.185. The molecule has 3 heterocycles. The molecule has 0 aliphatic carbocycles.